The van der Waals surface area contributed by atoms with Crippen molar-refractivity contribution in [2.24, 2.45) is 7.05 Å². The lowest BCUT2D eigenvalue weighted by Crippen LogP contribution is -2.23. The molecule has 0 radical (unpaired) electrons. The van der Waals surface area contributed by atoms with E-state index in [4.69, 9.17) is 9.47 Å². The van der Waals surface area contributed by atoms with Crippen molar-refractivity contribution in [3.63, 3.8) is 0 Å². The summed E-state index contributed by atoms with van der Waals surface area (Å²) in [5.74, 6) is 1.20. The smallest absolute Gasteiger partial charge is 0.244 e. The highest BCUT2D eigenvalue weighted by Crippen LogP contribution is 2.32. The number of nitrogens with zero attached hydrogens (tertiary/aromatic N) is 1. The Morgan fingerprint density at radius 1 is 1.38 bits per heavy atom. The van der Waals surface area contributed by atoms with Crippen LogP contribution in [0.15, 0.2) is 42.6 Å². The molecular weight excluding hydrogens is 308 g/mol. The number of nitrogens with one attached hydrogen (secondary N) is 1. The monoisotopic (exact) mass is 328 g/mol. The van der Waals surface area contributed by atoms with Gasteiger partial charge in [0.2, 0.25) is 12.7 Å². The molecule has 0 fully saturated rings. The third-order valence-electron chi connectivity index (χ3n) is 3.87. The van der Waals surface area contributed by atoms with Crippen LogP contribution in [-0.4, -0.2) is 28.9 Å². The van der Waals surface area contributed by atoms with Gasteiger partial charge in [-0.05, 0) is 42.3 Å². The van der Waals surface area contributed by atoms with Gasteiger partial charge in [0.25, 0.3) is 0 Å². The van der Waals surface area contributed by atoms with Crippen LogP contribution in [0.3, 0.4) is 0 Å². The number of fused-ring (bicyclic) bond motifs is 1. The van der Waals surface area contributed by atoms with Gasteiger partial charge in [-0.3, -0.25) is 4.79 Å². The number of carbonyl (C=O) groups is 1. The van der Waals surface area contributed by atoms with Crippen molar-refractivity contribution in [1.29, 1.82) is 0 Å². The number of benzene rings is 1. The molecule has 0 spiro atoms. The van der Waals surface area contributed by atoms with E-state index in [1.165, 1.54) is 6.08 Å². The molecule has 1 aromatic carbocycles. The fourth-order valence-corrected chi connectivity index (χ4v) is 2.55. The summed E-state index contributed by atoms with van der Waals surface area (Å²) < 4.78 is 12.4. The molecule has 2 aromatic rings. The molecule has 0 saturated heterocycles. The molecule has 2 N–H and O–H groups in total. The number of carbonyl (C=O) groups excluding carboxylic acids is 1. The van der Waals surface area contributed by atoms with E-state index in [0.717, 1.165) is 11.3 Å². The molecule has 6 heteroatoms. The van der Waals surface area contributed by atoms with Gasteiger partial charge >= 0.3 is 0 Å². The van der Waals surface area contributed by atoms with Gasteiger partial charge in [-0.25, -0.2) is 0 Å². The maximum Gasteiger partial charge on any atom is 0.244 e. The number of aliphatic hydroxyl groups is 1. The molecule has 1 amide bonds. The predicted octanol–water partition coefficient (Wildman–Crippen LogP) is 2.01. The molecule has 6 nitrogen and oxygen atoms in total. The molecule has 0 aliphatic carbocycles. The van der Waals surface area contributed by atoms with E-state index in [-0.39, 0.29) is 12.7 Å². The van der Waals surface area contributed by atoms with E-state index >= 15 is 0 Å². The quantitative estimate of drug-likeness (QED) is 0.796. The molecule has 1 unspecified atom stereocenters. The van der Waals surface area contributed by atoms with E-state index in [9.17, 15) is 9.90 Å². The van der Waals surface area contributed by atoms with Crippen LogP contribution >= 0.6 is 0 Å². The molecule has 2 heterocycles. The summed E-state index contributed by atoms with van der Waals surface area (Å²) >= 11 is 0. The van der Waals surface area contributed by atoms with Crippen molar-refractivity contribution < 1.29 is 19.4 Å². The Bertz CT molecular complexity index is 751. The number of amides is 1. The van der Waals surface area contributed by atoms with Crippen LogP contribution in [-0.2, 0) is 11.8 Å². The number of aryl methyl sites for hydroxylation is 1. The van der Waals surface area contributed by atoms with E-state index in [1.807, 2.05) is 48.1 Å². The summed E-state index contributed by atoms with van der Waals surface area (Å²) in [6, 6.07) is 9.25. The number of hydrogen-bond donors (Lipinski definition) is 2. The fraction of sp³-hybridized carbons (Fsp3) is 0.278. The van der Waals surface area contributed by atoms with Crippen molar-refractivity contribution in [3.8, 4) is 11.5 Å². The average molecular weight is 328 g/mol. The maximum atomic E-state index is 11.8. The molecule has 1 aliphatic rings. The summed E-state index contributed by atoms with van der Waals surface area (Å²) in [5, 5.41) is 12.9. The normalized spacial score (nSPS) is 14.1. The number of rotatable bonds is 6. The SMILES string of the molecule is Cn1cccc1C(O)CCNC(=O)/C=C/c1ccc2c(c1)OCO2. The van der Waals surface area contributed by atoms with Gasteiger partial charge in [0.1, 0.15) is 0 Å². The number of ether oxygens (including phenoxy) is 2. The maximum absolute atomic E-state index is 11.8. The van der Waals surface area contributed by atoms with Crippen molar-refractivity contribution in [1.82, 2.24) is 9.88 Å². The Hall–Kier alpha value is -2.73. The third-order valence-corrected chi connectivity index (χ3v) is 3.87. The van der Waals surface area contributed by atoms with Crippen molar-refractivity contribution in [2.45, 2.75) is 12.5 Å². The van der Waals surface area contributed by atoms with Gasteiger partial charge in [-0.2, -0.15) is 0 Å². The summed E-state index contributed by atoms with van der Waals surface area (Å²) in [5.41, 5.74) is 1.69. The molecule has 1 atom stereocenters. The summed E-state index contributed by atoms with van der Waals surface area (Å²) in [6.07, 6.45) is 4.92. The summed E-state index contributed by atoms with van der Waals surface area (Å²) in [6.45, 7) is 0.628. The minimum Gasteiger partial charge on any atom is -0.454 e. The molecule has 0 bridgehead atoms. The topological polar surface area (TPSA) is 72.7 Å². The predicted molar refractivity (Wildman–Crippen MR) is 89.6 cm³/mol. The minimum absolute atomic E-state index is 0.202. The second-order valence-corrected chi connectivity index (χ2v) is 5.59. The molecule has 0 saturated carbocycles. The largest absolute Gasteiger partial charge is 0.454 e. The van der Waals surface area contributed by atoms with E-state index < -0.39 is 6.10 Å². The first-order valence-corrected chi connectivity index (χ1v) is 7.78. The van der Waals surface area contributed by atoms with Gasteiger partial charge in [0, 0.05) is 31.6 Å². The first kappa shape index (κ1) is 16.1. The first-order chi connectivity index (χ1) is 11.6. The number of aromatic nitrogens is 1. The number of aliphatic hydroxyl groups excluding tert-OH is 1. The van der Waals surface area contributed by atoms with Crippen molar-refractivity contribution in [2.75, 3.05) is 13.3 Å². The Kier molecular flexibility index (Phi) is 4.86. The highest BCUT2D eigenvalue weighted by molar-refractivity contribution is 5.91. The van der Waals surface area contributed by atoms with E-state index in [0.29, 0.717) is 24.5 Å². The lowest BCUT2D eigenvalue weighted by Gasteiger charge is -2.12. The van der Waals surface area contributed by atoms with Gasteiger partial charge in [-0.15, -0.1) is 0 Å². The van der Waals surface area contributed by atoms with Crippen molar-refractivity contribution >= 4 is 12.0 Å². The zero-order valence-corrected chi connectivity index (χ0v) is 13.4. The van der Waals surface area contributed by atoms with Gasteiger partial charge in [-0.1, -0.05) is 6.07 Å². The highest BCUT2D eigenvalue weighted by Gasteiger charge is 2.12. The first-order valence-electron chi connectivity index (χ1n) is 7.78. The highest BCUT2D eigenvalue weighted by atomic mass is 16.7. The molecule has 1 aromatic heterocycles. The van der Waals surface area contributed by atoms with Crippen LogP contribution in [0.5, 0.6) is 11.5 Å². The molecular formula is C18H20N2O4. The number of hydrogen-bond acceptors (Lipinski definition) is 4. The molecule has 1 aliphatic heterocycles. The lowest BCUT2D eigenvalue weighted by atomic mass is 10.2. The van der Waals surface area contributed by atoms with Crippen LogP contribution in [0.1, 0.15) is 23.8 Å². The Morgan fingerprint density at radius 3 is 3.00 bits per heavy atom. The standard InChI is InChI=1S/C18H20N2O4/c1-20-10-2-3-14(20)15(21)8-9-19-18(22)7-5-13-4-6-16-17(11-13)24-12-23-16/h2-7,10-11,15,21H,8-9,12H2,1H3,(H,19,22)/b7-5+. The minimum atomic E-state index is -0.594. The Morgan fingerprint density at radius 2 is 2.21 bits per heavy atom. The average Bonchev–Trinajstić information content (AvgIpc) is 3.20. The Balaban J connectivity index is 1.46. The second kappa shape index (κ2) is 7.23. The van der Waals surface area contributed by atoms with E-state index in [2.05, 4.69) is 5.32 Å². The van der Waals surface area contributed by atoms with Gasteiger partial charge in [0.15, 0.2) is 11.5 Å². The van der Waals surface area contributed by atoms with Crippen LogP contribution in [0, 0.1) is 0 Å². The molecule has 3 rings (SSSR count). The zero-order chi connectivity index (χ0) is 16.9. The molecule has 126 valence electrons. The molecule has 24 heavy (non-hydrogen) atoms. The van der Waals surface area contributed by atoms with Crippen molar-refractivity contribution in [3.05, 3.63) is 53.9 Å². The van der Waals surface area contributed by atoms with Crippen LogP contribution in [0.4, 0.5) is 0 Å². The van der Waals surface area contributed by atoms with Crippen LogP contribution in [0.25, 0.3) is 6.08 Å². The van der Waals surface area contributed by atoms with E-state index in [1.54, 1.807) is 6.08 Å². The zero-order valence-electron chi connectivity index (χ0n) is 13.4. The third kappa shape index (κ3) is 3.78. The fourth-order valence-electron chi connectivity index (χ4n) is 2.55. The van der Waals surface area contributed by atoms with Crippen LogP contribution in [0.2, 0.25) is 0 Å². The summed E-state index contributed by atoms with van der Waals surface area (Å²) in [7, 11) is 1.88. The van der Waals surface area contributed by atoms with Crippen LogP contribution < -0.4 is 14.8 Å². The van der Waals surface area contributed by atoms with Gasteiger partial charge in [0.05, 0.1) is 6.10 Å². The van der Waals surface area contributed by atoms with Gasteiger partial charge < -0.3 is 24.5 Å². The second-order valence-electron chi connectivity index (χ2n) is 5.59. The Labute approximate surface area is 140 Å². The lowest BCUT2D eigenvalue weighted by molar-refractivity contribution is -0.116. The summed E-state index contributed by atoms with van der Waals surface area (Å²) in [4.78, 5) is 11.8.